The summed E-state index contributed by atoms with van der Waals surface area (Å²) in [7, 11) is 0. The van der Waals surface area contributed by atoms with E-state index in [9.17, 15) is 4.39 Å². The van der Waals surface area contributed by atoms with Gasteiger partial charge in [0.25, 0.3) is 0 Å². The van der Waals surface area contributed by atoms with Crippen LogP contribution < -0.4 is 10.1 Å². The maximum atomic E-state index is 12.5. The van der Waals surface area contributed by atoms with Crippen molar-refractivity contribution in [3.63, 3.8) is 0 Å². The molecular weight excluding hydrogens is 319 g/mol. The highest BCUT2D eigenvalue weighted by atomic mass is 19.1. The van der Waals surface area contributed by atoms with Crippen LogP contribution in [0.25, 0.3) is 21.8 Å². The third-order valence-electron chi connectivity index (χ3n) is 4.10. The molecule has 2 aromatic carbocycles. The zero-order chi connectivity index (χ0) is 17.6. The molecule has 0 amide bonds. The van der Waals surface area contributed by atoms with E-state index < -0.39 is 6.67 Å². The zero-order valence-electron chi connectivity index (χ0n) is 14.7. The molecule has 134 valence electrons. The zero-order valence-corrected chi connectivity index (χ0v) is 14.7. The monoisotopic (exact) mass is 344 g/mol. The van der Waals surface area contributed by atoms with Gasteiger partial charge in [0, 0.05) is 28.9 Å². The number of nitrogens with one attached hydrogen (secondary N) is 2. The van der Waals surface area contributed by atoms with Gasteiger partial charge in [-0.05, 0) is 18.2 Å². The Labute approximate surface area is 147 Å². The third-order valence-corrected chi connectivity index (χ3v) is 4.10. The summed E-state index contributed by atoms with van der Waals surface area (Å²) in [4.78, 5) is 3.41. The molecule has 0 bridgehead atoms. The largest absolute Gasteiger partial charge is 0.490 e. The highest BCUT2D eigenvalue weighted by Crippen LogP contribution is 2.33. The summed E-state index contributed by atoms with van der Waals surface area (Å²) in [6.45, 7) is 4.74. The number of aromatic amines is 1. The number of hydrogen-bond donors (Lipinski definition) is 2. The summed E-state index contributed by atoms with van der Waals surface area (Å²) in [5.74, 6) is 0.813. The molecule has 3 rings (SSSR count). The Bertz CT molecular complexity index is 816. The van der Waals surface area contributed by atoms with Crippen LogP contribution in [0.2, 0.25) is 0 Å². The quantitative estimate of drug-likeness (QED) is 0.615. The number of ether oxygens (including phenoxy) is 2. The van der Waals surface area contributed by atoms with Gasteiger partial charge in [-0.3, -0.25) is 0 Å². The van der Waals surface area contributed by atoms with Gasteiger partial charge in [0.2, 0.25) is 0 Å². The maximum Gasteiger partial charge on any atom is 0.129 e. The highest BCUT2D eigenvalue weighted by molar-refractivity contribution is 6.10. The number of benzene rings is 2. The van der Waals surface area contributed by atoms with Crippen molar-refractivity contribution in [2.75, 3.05) is 26.4 Å². The number of rotatable bonds is 9. The van der Waals surface area contributed by atoms with Crippen molar-refractivity contribution >= 4 is 21.8 Å². The Kier molecular flexibility index (Phi) is 5.89. The summed E-state index contributed by atoms with van der Waals surface area (Å²) in [5, 5.41) is 5.52. The molecule has 1 unspecified atom stereocenters. The van der Waals surface area contributed by atoms with E-state index in [0.29, 0.717) is 19.2 Å². The number of aromatic nitrogens is 1. The van der Waals surface area contributed by atoms with Gasteiger partial charge in [0.1, 0.15) is 25.1 Å². The highest BCUT2D eigenvalue weighted by Gasteiger charge is 2.14. The van der Waals surface area contributed by atoms with Gasteiger partial charge >= 0.3 is 0 Å². The predicted molar refractivity (Wildman–Crippen MR) is 100 cm³/mol. The third kappa shape index (κ3) is 4.30. The van der Waals surface area contributed by atoms with Gasteiger partial charge in [-0.1, -0.05) is 38.1 Å². The first-order chi connectivity index (χ1) is 12.2. The summed E-state index contributed by atoms with van der Waals surface area (Å²) >= 11 is 0. The van der Waals surface area contributed by atoms with Gasteiger partial charge in [-0.2, -0.15) is 0 Å². The first kappa shape index (κ1) is 17.7. The number of fused-ring (bicyclic) bond motifs is 3. The number of H-pyrrole nitrogens is 1. The van der Waals surface area contributed by atoms with E-state index >= 15 is 0 Å². The second-order valence-corrected chi connectivity index (χ2v) is 6.41. The van der Waals surface area contributed by atoms with Crippen molar-refractivity contribution in [3.8, 4) is 5.75 Å². The van der Waals surface area contributed by atoms with Gasteiger partial charge in [-0.15, -0.1) is 0 Å². The molecule has 0 radical (unpaired) electrons. The lowest BCUT2D eigenvalue weighted by Crippen LogP contribution is -2.37. The molecule has 5 heteroatoms. The fourth-order valence-corrected chi connectivity index (χ4v) is 2.92. The Hall–Kier alpha value is -2.11. The number of halogens is 1. The molecule has 0 aliphatic heterocycles. The molecule has 0 saturated heterocycles. The lowest BCUT2D eigenvalue weighted by atomic mass is 10.1. The van der Waals surface area contributed by atoms with Crippen LogP contribution in [0.15, 0.2) is 42.5 Å². The van der Waals surface area contributed by atoms with Gasteiger partial charge in [-0.25, -0.2) is 4.39 Å². The molecular formula is C20H25FN2O2. The van der Waals surface area contributed by atoms with E-state index in [2.05, 4.69) is 36.3 Å². The maximum absolute atomic E-state index is 12.5. The molecule has 1 aromatic heterocycles. The first-order valence-corrected chi connectivity index (χ1v) is 8.72. The topological polar surface area (TPSA) is 46.3 Å². The number of hydrogen-bond acceptors (Lipinski definition) is 3. The standard InChI is InChI=1S/C20H25FN2O2/c1-14(2)22-12-15(24-11-10-21)13-25-19-9-5-8-18-20(19)16-6-3-4-7-17(16)23-18/h3-9,14-15,22-23H,10-13H2,1-2H3. The average Bonchev–Trinajstić information content (AvgIpc) is 3.00. The molecule has 0 aliphatic rings. The van der Waals surface area contributed by atoms with E-state index in [1.165, 1.54) is 0 Å². The second kappa shape index (κ2) is 8.32. The predicted octanol–water partition coefficient (Wildman–Crippen LogP) is 4.05. The molecule has 0 fully saturated rings. The molecule has 3 aromatic rings. The van der Waals surface area contributed by atoms with E-state index in [1.807, 2.05) is 30.3 Å². The van der Waals surface area contributed by atoms with Gasteiger partial charge in [0.05, 0.1) is 12.1 Å². The van der Waals surface area contributed by atoms with Crippen molar-refractivity contribution in [1.82, 2.24) is 10.3 Å². The minimum Gasteiger partial charge on any atom is -0.490 e. The summed E-state index contributed by atoms with van der Waals surface area (Å²) < 4.78 is 24.1. The Balaban J connectivity index is 1.78. The minimum absolute atomic E-state index is 0.0884. The Morgan fingerprint density at radius 1 is 1.08 bits per heavy atom. The van der Waals surface area contributed by atoms with Crippen LogP contribution in [-0.2, 0) is 4.74 Å². The smallest absolute Gasteiger partial charge is 0.129 e. The molecule has 2 N–H and O–H groups in total. The molecule has 1 atom stereocenters. The fraction of sp³-hybridized carbons (Fsp3) is 0.400. The van der Waals surface area contributed by atoms with Crippen molar-refractivity contribution in [2.24, 2.45) is 0 Å². The lowest BCUT2D eigenvalue weighted by molar-refractivity contribution is 0.0140. The van der Waals surface area contributed by atoms with Crippen molar-refractivity contribution < 1.29 is 13.9 Å². The summed E-state index contributed by atoms with van der Waals surface area (Å²) in [6, 6.07) is 14.5. The van der Waals surface area contributed by atoms with Gasteiger partial charge < -0.3 is 19.8 Å². The summed E-state index contributed by atoms with van der Waals surface area (Å²) in [5.41, 5.74) is 2.13. The summed E-state index contributed by atoms with van der Waals surface area (Å²) in [6.07, 6.45) is -0.196. The Morgan fingerprint density at radius 3 is 2.68 bits per heavy atom. The van der Waals surface area contributed by atoms with E-state index in [-0.39, 0.29) is 12.7 Å². The average molecular weight is 344 g/mol. The van der Waals surface area contributed by atoms with Crippen LogP contribution in [0.1, 0.15) is 13.8 Å². The van der Waals surface area contributed by atoms with Crippen LogP contribution >= 0.6 is 0 Å². The molecule has 1 heterocycles. The van der Waals surface area contributed by atoms with Crippen LogP contribution in [0.4, 0.5) is 4.39 Å². The number of para-hydroxylation sites is 1. The molecule has 0 spiro atoms. The second-order valence-electron chi connectivity index (χ2n) is 6.41. The van der Waals surface area contributed by atoms with Crippen LogP contribution in [0.5, 0.6) is 5.75 Å². The molecule has 25 heavy (non-hydrogen) atoms. The van der Waals surface area contributed by atoms with Crippen LogP contribution in [0, 0.1) is 0 Å². The normalized spacial score (nSPS) is 13.0. The van der Waals surface area contributed by atoms with E-state index in [0.717, 1.165) is 27.6 Å². The van der Waals surface area contributed by atoms with E-state index in [1.54, 1.807) is 0 Å². The minimum atomic E-state index is -0.490. The van der Waals surface area contributed by atoms with Crippen molar-refractivity contribution in [1.29, 1.82) is 0 Å². The van der Waals surface area contributed by atoms with Crippen LogP contribution in [0.3, 0.4) is 0 Å². The molecule has 4 nitrogen and oxygen atoms in total. The number of alkyl halides is 1. The van der Waals surface area contributed by atoms with Crippen molar-refractivity contribution in [3.05, 3.63) is 42.5 Å². The molecule has 0 saturated carbocycles. The Morgan fingerprint density at radius 2 is 1.88 bits per heavy atom. The van der Waals surface area contributed by atoms with E-state index in [4.69, 9.17) is 9.47 Å². The SMILES string of the molecule is CC(C)NCC(COc1cccc2[nH]c3ccccc3c12)OCCF. The van der Waals surface area contributed by atoms with Crippen molar-refractivity contribution in [2.45, 2.75) is 26.0 Å². The van der Waals surface area contributed by atoms with Gasteiger partial charge in [0.15, 0.2) is 0 Å². The fourth-order valence-electron chi connectivity index (χ4n) is 2.92. The molecule has 0 aliphatic carbocycles. The first-order valence-electron chi connectivity index (χ1n) is 8.72. The van der Waals surface area contributed by atoms with Crippen LogP contribution in [-0.4, -0.2) is 43.6 Å². The lowest BCUT2D eigenvalue weighted by Gasteiger charge is -2.20.